The van der Waals surface area contributed by atoms with E-state index in [4.69, 9.17) is 14.2 Å². The molecule has 0 unspecified atom stereocenters. The minimum absolute atomic E-state index is 0.0401. The molecule has 1 aliphatic heterocycles. The van der Waals surface area contributed by atoms with Crippen LogP contribution in [0.1, 0.15) is 15.9 Å². The van der Waals surface area contributed by atoms with E-state index < -0.39 is 5.75 Å². The topological polar surface area (TPSA) is 85.2 Å². The van der Waals surface area contributed by atoms with Crippen LogP contribution >= 0.6 is 0 Å². The SMILES string of the molecule is COc1ccc(C=C2Oc3c(ccc(O)c3O)C2=O)cc1OC. The number of phenolic OH excluding ortho intramolecular Hbond substituents is 2. The van der Waals surface area contributed by atoms with Crippen molar-refractivity contribution in [1.29, 1.82) is 0 Å². The first-order valence-corrected chi connectivity index (χ1v) is 6.76. The zero-order valence-electron chi connectivity index (χ0n) is 12.5. The van der Waals surface area contributed by atoms with E-state index in [9.17, 15) is 15.0 Å². The smallest absolute Gasteiger partial charge is 0.232 e. The molecule has 0 radical (unpaired) electrons. The van der Waals surface area contributed by atoms with E-state index in [-0.39, 0.29) is 28.6 Å². The van der Waals surface area contributed by atoms with Crippen LogP contribution in [0.4, 0.5) is 0 Å². The monoisotopic (exact) mass is 314 g/mol. The van der Waals surface area contributed by atoms with Crippen LogP contribution in [0.15, 0.2) is 36.1 Å². The molecule has 6 nitrogen and oxygen atoms in total. The molecule has 0 fully saturated rings. The second kappa shape index (κ2) is 5.57. The number of hydrogen-bond donors (Lipinski definition) is 2. The predicted octanol–water partition coefficient (Wildman–Crippen LogP) is 2.73. The zero-order chi connectivity index (χ0) is 16.6. The Bertz CT molecular complexity index is 822. The molecule has 0 saturated carbocycles. The van der Waals surface area contributed by atoms with E-state index >= 15 is 0 Å². The molecule has 118 valence electrons. The summed E-state index contributed by atoms with van der Waals surface area (Å²) in [5.74, 6) is -0.0696. The molecule has 6 heteroatoms. The van der Waals surface area contributed by atoms with Crippen LogP contribution in [0.2, 0.25) is 0 Å². The molecule has 0 amide bonds. The summed E-state index contributed by atoms with van der Waals surface area (Å²) in [6, 6.07) is 7.80. The second-order valence-electron chi connectivity index (χ2n) is 4.86. The number of rotatable bonds is 3. The van der Waals surface area contributed by atoms with Crippen molar-refractivity contribution in [3.05, 3.63) is 47.2 Å². The zero-order valence-corrected chi connectivity index (χ0v) is 12.5. The van der Waals surface area contributed by atoms with E-state index in [0.717, 1.165) is 0 Å². The Kier molecular flexibility index (Phi) is 3.57. The molecule has 0 aliphatic carbocycles. The number of phenols is 2. The summed E-state index contributed by atoms with van der Waals surface area (Å²) in [4.78, 5) is 12.3. The summed E-state index contributed by atoms with van der Waals surface area (Å²) < 4.78 is 15.8. The number of methoxy groups -OCH3 is 2. The van der Waals surface area contributed by atoms with E-state index in [1.807, 2.05) is 0 Å². The Morgan fingerprint density at radius 3 is 2.48 bits per heavy atom. The normalized spacial score (nSPS) is 14.5. The number of benzene rings is 2. The van der Waals surface area contributed by atoms with Crippen LogP contribution in [0.25, 0.3) is 6.08 Å². The number of fused-ring (bicyclic) bond motifs is 1. The maximum Gasteiger partial charge on any atom is 0.232 e. The molecule has 1 aliphatic rings. The number of hydrogen-bond acceptors (Lipinski definition) is 6. The fourth-order valence-corrected chi connectivity index (χ4v) is 2.32. The number of aromatic hydroxyl groups is 2. The number of ketones is 1. The van der Waals surface area contributed by atoms with Crippen LogP contribution < -0.4 is 14.2 Å². The second-order valence-corrected chi connectivity index (χ2v) is 4.86. The Morgan fingerprint density at radius 2 is 1.78 bits per heavy atom. The fraction of sp³-hybridized carbons (Fsp3) is 0.118. The van der Waals surface area contributed by atoms with Crippen LogP contribution in [0.3, 0.4) is 0 Å². The number of carbonyl (C=O) groups excluding carboxylic acids is 1. The third kappa shape index (κ3) is 2.44. The molecule has 2 aromatic carbocycles. The van der Waals surface area contributed by atoms with Gasteiger partial charge in [0.05, 0.1) is 19.8 Å². The van der Waals surface area contributed by atoms with Crippen LogP contribution in [0.5, 0.6) is 28.7 Å². The lowest BCUT2D eigenvalue weighted by atomic mass is 10.1. The van der Waals surface area contributed by atoms with E-state index in [1.165, 1.54) is 32.4 Å². The maximum atomic E-state index is 12.3. The minimum atomic E-state index is -0.452. The Balaban J connectivity index is 1.99. The van der Waals surface area contributed by atoms with Gasteiger partial charge in [0.25, 0.3) is 0 Å². The molecule has 0 saturated heterocycles. The molecular formula is C17H14O6. The average Bonchev–Trinajstić information content (AvgIpc) is 2.88. The molecule has 2 aromatic rings. The number of carbonyl (C=O) groups is 1. The standard InChI is InChI=1S/C17H14O6/c1-21-12-6-3-9(7-13(12)22-2)8-14-15(19)10-4-5-11(18)16(20)17(10)23-14/h3-8,18,20H,1-2H3. The first-order chi connectivity index (χ1) is 11.0. The summed E-state index contributed by atoms with van der Waals surface area (Å²) in [6.07, 6.45) is 1.53. The van der Waals surface area contributed by atoms with Gasteiger partial charge in [0.2, 0.25) is 11.5 Å². The molecule has 23 heavy (non-hydrogen) atoms. The lowest BCUT2D eigenvalue weighted by Crippen LogP contribution is -1.98. The third-order valence-electron chi connectivity index (χ3n) is 3.50. The molecule has 2 N–H and O–H groups in total. The molecule has 1 heterocycles. The Morgan fingerprint density at radius 1 is 1.04 bits per heavy atom. The molecule has 3 rings (SSSR count). The third-order valence-corrected chi connectivity index (χ3v) is 3.50. The molecule has 0 bridgehead atoms. The van der Waals surface area contributed by atoms with Crippen molar-refractivity contribution in [3.8, 4) is 28.7 Å². The largest absolute Gasteiger partial charge is 0.504 e. The molecular weight excluding hydrogens is 300 g/mol. The molecule has 0 aromatic heterocycles. The lowest BCUT2D eigenvalue weighted by Gasteiger charge is -2.08. The average molecular weight is 314 g/mol. The number of allylic oxidation sites excluding steroid dienone is 1. The van der Waals surface area contributed by atoms with Crippen molar-refractivity contribution in [2.75, 3.05) is 14.2 Å². The van der Waals surface area contributed by atoms with Crippen LogP contribution in [0, 0.1) is 0 Å². The van der Waals surface area contributed by atoms with E-state index in [1.54, 1.807) is 18.2 Å². The maximum absolute atomic E-state index is 12.3. The van der Waals surface area contributed by atoms with Crippen LogP contribution in [-0.2, 0) is 0 Å². The summed E-state index contributed by atoms with van der Waals surface area (Å²) in [5, 5.41) is 19.3. The summed E-state index contributed by atoms with van der Waals surface area (Å²) in [7, 11) is 3.05. The van der Waals surface area contributed by atoms with Gasteiger partial charge in [-0.25, -0.2) is 0 Å². The van der Waals surface area contributed by atoms with Gasteiger partial charge >= 0.3 is 0 Å². The fourth-order valence-electron chi connectivity index (χ4n) is 2.32. The van der Waals surface area contributed by atoms with E-state index in [0.29, 0.717) is 17.1 Å². The van der Waals surface area contributed by atoms with Crippen molar-refractivity contribution in [2.24, 2.45) is 0 Å². The van der Waals surface area contributed by atoms with Gasteiger partial charge < -0.3 is 24.4 Å². The van der Waals surface area contributed by atoms with Crippen molar-refractivity contribution in [2.45, 2.75) is 0 Å². The predicted molar refractivity (Wildman–Crippen MR) is 82.3 cm³/mol. The lowest BCUT2D eigenvalue weighted by molar-refractivity contribution is 0.101. The van der Waals surface area contributed by atoms with Gasteiger partial charge in [-0.15, -0.1) is 0 Å². The number of ether oxygens (including phenoxy) is 3. The van der Waals surface area contributed by atoms with Gasteiger partial charge in [-0.2, -0.15) is 0 Å². The number of Topliss-reactive ketones (excluding diaryl/α,β-unsaturated/α-hetero) is 1. The highest BCUT2D eigenvalue weighted by atomic mass is 16.5. The van der Waals surface area contributed by atoms with Gasteiger partial charge in [-0.3, -0.25) is 4.79 Å². The van der Waals surface area contributed by atoms with Gasteiger partial charge in [-0.05, 0) is 35.9 Å². The highest BCUT2D eigenvalue weighted by Gasteiger charge is 2.31. The Hall–Kier alpha value is -3.15. The summed E-state index contributed by atoms with van der Waals surface area (Å²) in [6.45, 7) is 0. The van der Waals surface area contributed by atoms with E-state index in [2.05, 4.69) is 0 Å². The van der Waals surface area contributed by atoms with Crippen LogP contribution in [-0.4, -0.2) is 30.2 Å². The van der Waals surface area contributed by atoms with Crippen molar-refractivity contribution in [1.82, 2.24) is 0 Å². The van der Waals surface area contributed by atoms with Crippen molar-refractivity contribution < 1.29 is 29.2 Å². The van der Waals surface area contributed by atoms with Crippen molar-refractivity contribution >= 4 is 11.9 Å². The van der Waals surface area contributed by atoms with Gasteiger partial charge in [0.1, 0.15) is 0 Å². The first kappa shape index (κ1) is 14.8. The summed E-state index contributed by atoms with van der Waals surface area (Å²) >= 11 is 0. The molecule has 0 atom stereocenters. The van der Waals surface area contributed by atoms with Gasteiger partial charge in [-0.1, -0.05) is 6.07 Å². The highest BCUT2D eigenvalue weighted by molar-refractivity contribution is 6.15. The highest BCUT2D eigenvalue weighted by Crippen LogP contribution is 2.44. The van der Waals surface area contributed by atoms with Gasteiger partial charge in [0, 0.05) is 0 Å². The Labute approximate surface area is 132 Å². The quantitative estimate of drug-likeness (QED) is 0.669. The first-order valence-electron chi connectivity index (χ1n) is 6.76. The summed E-state index contributed by atoms with van der Waals surface area (Å²) in [5.41, 5.74) is 0.870. The molecule has 0 spiro atoms. The van der Waals surface area contributed by atoms with Crippen molar-refractivity contribution in [3.63, 3.8) is 0 Å². The van der Waals surface area contributed by atoms with Gasteiger partial charge in [0.15, 0.2) is 28.8 Å². The minimum Gasteiger partial charge on any atom is -0.504 e.